The molecular formula is C40H31Cl2F3N4O6. The Hall–Kier alpha value is -5.40. The lowest BCUT2D eigenvalue weighted by Crippen LogP contribution is -2.53. The van der Waals surface area contributed by atoms with E-state index in [1.165, 1.54) is 26.3 Å². The molecule has 4 aliphatic rings. The number of halogens is 5. The molecule has 1 saturated carbocycles. The number of hydrogen-bond acceptors (Lipinski definition) is 8. The molecule has 2 aliphatic heterocycles. The molecule has 15 heteroatoms. The van der Waals surface area contributed by atoms with Gasteiger partial charge in [-0.05, 0) is 72.9 Å². The number of phenols is 1. The molecule has 3 aromatic carbocycles. The highest BCUT2D eigenvalue weighted by molar-refractivity contribution is 6.33. The largest absolute Gasteiger partial charge is 0.508 e. The standard InChI is InChI=1S/C40H31Cl2F3N4O6/c1-47(34-29(42)14-16-31(46-34)40(43,44)45)49-35(51)25-13-12-24-26(32(25)37(49)53)19-28-36(52)48(22-10-6-9-21(41)17-22)38(54)39(28,20-7-4-3-5-8-20)33(24)27-18-23(55-2)11-15-30(27)50/h3-12,14-18,25-26,28,32-33,50H,13,19H2,1-2H3/t25-,26+,28-,32-,33+,39+/m0/s1. The summed E-state index contributed by atoms with van der Waals surface area (Å²) in [5.41, 5.74) is -1.37. The lowest BCUT2D eigenvalue weighted by Gasteiger charge is -2.50. The summed E-state index contributed by atoms with van der Waals surface area (Å²) in [4.78, 5) is 63.8. The van der Waals surface area contributed by atoms with Crippen molar-refractivity contribution in [3.8, 4) is 11.5 Å². The van der Waals surface area contributed by atoms with Crippen LogP contribution in [0.4, 0.5) is 24.7 Å². The third kappa shape index (κ3) is 5.42. The number of rotatable bonds is 6. The topological polar surface area (TPSA) is 120 Å². The monoisotopic (exact) mass is 790 g/mol. The molecule has 4 aromatic rings. The molecule has 6 atom stereocenters. The second kappa shape index (κ2) is 13.1. The van der Waals surface area contributed by atoms with Crippen LogP contribution in [0.3, 0.4) is 0 Å². The minimum absolute atomic E-state index is 0.0199. The molecule has 0 radical (unpaired) electrons. The minimum Gasteiger partial charge on any atom is -0.508 e. The van der Waals surface area contributed by atoms with E-state index >= 15 is 4.79 Å². The number of alkyl halides is 3. The molecule has 10 nitrogen and oxygen atoms in total. The molecule has 0 bridgehead atoms. The molecule has 1 aromatic heterocycles. The number of nitrogens with zero attached hydrogens (tertiary/aromatic N) is 4. The minimum atomic E-state index is -4.83. The van der Waals surface area contributed by atoms with Gasteiger partial charge in [-0.15, -0.1) is 0 Å². The number of carbonyl (C=O) groups is 4. The van der Waals surface area contributed by atoms with Crippen molar-refractivity contribution in [2.75, 3.05) is 24.1 Å². The summed E-state index contributed by atoms with van der Waals surface area (Å²) in [7, 11) is 2.68. The van der Waals surface area contributed by atoms with Gasteiger partial charge in [0.05, 0.1) is 41.0 Å². The van der Waals surface area contributed by atoms with Gasteiger partial charge in [0.1, 0.15) is 17.2 Å². The van der Waals surface area contributed by atoms with E-state index in [0.717, 1.165) is 21.0 Å². The molecule has 4 amide bonds. The van der Waals surface area contributed by atoms with Crippen LogP contribution < -0.4 is 14.6 Å². The predicted molar refractivity (Wildman–Crippen MR) is 195 cm³/mol. The van der Waals surface area contributed by atoms with Gasteiger partial charge in [0.2, 0.25) is 11.8 Å². The van der Waals surface area contributed by atoms with Gasteiger partial charge in [-0.25, -0.2) is 9.88 Å². The van der Waals surface area contributed by atoms with Crippen LogP contribution in [0.1, 0.15) is 35.6 Å². The van der Waals surface area contributed by atoms with Crippen LogP contribution in [0.25, 0.3) is 0 Å². The molecule has 2 aliphatic carbocycles. The Morgan fingerprint density at radius 3 is 2.35 bits per heavy atom. The highest BCUT2D eigenvalue weighted by Crippen LogP contribution is 2.65. The number of ether oxygens (including phenoxy) is 1. The fraction of sp³-hybridized carbons (Fsp3) is 0.275. The zero-order chi connectivity index (χ0) is 39.1. The van der Waals surface area contributed by atoms with Gasteiger partial charge < -0.3 is 9.84 Å². The van der Waals surface area contributed by atoms with E-state index in [2.05, 4.69) is 4.98 Å². The van der Waals surface area contributed by atoms with Crippen LogP contribution in [0.15, 0.2) is 96.6 Å². The lowest BCUT2D eigenvalue weighted by atomic mass is 9.49. The van der Waals surface area contributed by atoms with Crippen LogP contribution in [0.5, 0.6) is 11.5 Å². The Kier molecular flexibility index (Phi) is 8.73. The average Bonchev–Trinajstić information content (AvgIpc) is 3.55. The van der Waals surface area contributed by atoms with E-state index in [4.69, 9.17) is 27.9 Å². The number of phenolic OH excluding ortho intramolecular Hbond substituents is 1. The Labute approximate surface area is 322 Å². The van der Waals surface area contributed by atoms with Gasteiger partial charge in [-0.2, -0.15) is 18.2 Å². The van der Waals surface area contributed by atoms with Crippen LogP contribution in [0, 0.1) is 23.7 Å². The first-order valence-corrected chi connectivity index (χ1v) is 18.1. The second-order valence-corrected chi connectivity index (χ2v) is 14.9. The summed E-state index contributed by atoms with van der Waals surface area (Å²) in [6.07, 6.45) is -3.07. The van der Waals surface area contributed by atoms with Gasteiger partial charge in [0.25, 0.3) is 11.8 Å². The summed E-state index contributed by atoms with van der Waals surface area (Å²) in [5, 5.41) is 13.4. The van der Waals surface area contributed by atoms with Crippen LogP contribution in [-0.2, 0) is 30.8 Å². The van der Waals surface area contributed by atoms with E-state index in [1.807, 2.05) is 0 Å². The highest BCUT2D eigenvalue weighted by Gasteiger charge is 2.70. The van der Waals surface area contributed by atoms with E-state index in [9.17, 15) is 32.7 Å². The fourth-order valence-corrected chi connectivity index (χ4v) is 9.58. The summed E-state index contributed by atoms with van der Waals surface area (Å²) < 4.78 is 46.6. The highest BCUT2D eigenvalue weighted by atomic mass is 35.5. The zero-order valence-electron chi connectivity index (χ0n) is 29.1. The third-order valence-electron chi connectivity index (χ3n) is 11.4. The molecule has 282 valence electrons. The number of aromatic nitrogens is 1. The normalized spacial score (nSPS) is 26.1. The SMILES string of the molecule is COc1ccc(O)c([C@H]2C3=CC[C@@H]4C(=O)N(N(C)c5nc(C(F)(F)F)ccc5Cl)C(=O)[C@@H]4[C@@H]3C[C@H]3C(=O)N(c4cccc(Cl)c4)C(=O)[C@@]23c2ccccc2)c1. The van der Waals surface area contributed by atoms with Crippen LogP contribution in [0.2, 0.25) is 10.0 Å². The van der Waals surface area contributed by atoms with Crippen molar-refractivity contribution >= 4 is 58.3 Å². The summed E-state index contributed by atoms with van der Waals surface area (Å²) in [6, 6.07) is 21.4. The lowest BCUT2D eigenvalue weighted by molar-refractivity contribution is -0.141. The summed E-state index contributed by atoms with van der Waals surface area (Å²) in [5.74, 6) is -7.87. The third-order valence-corrected chi connectivity index (χ3v) is 11.9. The smallest absolute Gasteiger partial charge is 0.433 e. The van der Waals surface area contributed by atoms with Crippen molar-refractivity contribution < 1.29 is 42.2 Å². The maximum absolute atomic E-state index is 15.4. The van der Waals surface area contributed by atoms with Crippen molar-refractivity contribution in [1.82, 2.24) is 9.99 Å². The zero-order valence-corrected chi connectivity index (χ0v) is 30.6. The maximum atomic E-state index is 15.4. The number of carbonyl (C=O) groups excluding carboxylic acids is 4. The molecule has 1 N–H and O–H groups in total. The van der Waals surface area contributed by atoms with Crippen molar-refractivity contribution in [3.63, 3.8) is 0 Å². The van der Waals surface area contributed by atoms with Crippen molar-refractivity contribution in [3.05, 3.63) is 123 Å². The van der Waals surface area contributed by atoms with Gasteiger partial charge >= 0.3 is 6.18 Å². The Morgan fingerprint density at radius 1 is 0.909 bits per heavy atom. The Morgan fingerprint density at radius 2 is 1.65 bits per heavy atom. The number of hydrazine groups is 1. The first-order valence-electron chi connectivity index (χ1n) is 17.3. The first-order chi connectivity index (χ1) is 26.2. The molecule has 3 heterocycles. The maximum Gasteiger partial charge on any atom is 0.433 e. The Bertz CT molecular complexity index is 2320. The first kappa shape index (κ1) is 36.6. The van der Waals surface area contributed by atoms with Crippen LogP contribution >= 0.6 is 23.2 Å². The van der Waals surface area contributed by atoms with Crippen molar-refractivity contribution in [2.24, 2.45) is 23.7 Å². The number of anilines is 2. The van der Waals surface area contributed by atoms with Gasteiger partial charge in [0.15, 0.2) is 5.82 Å². The van der Waals surface area contributed by atoms with Gasteiger partial charge in [-0.1, -0.05) is 71.2 Å². The number of amides is 4. The number of imide groups is 2. The number of benzene rings is 3. The summed E-state index contributed by atoms with van der Waals surface area (Å²) >= 11 is 12.7. The number of allylic oxidation sites excluding steroid dienone is 2. The quantitative estimate of drug-likeness (QED) is 0.159. The summed E-state index contributed by atoms with van der Waals surface area (Å²) in [6.45, 7) is 0. The number of methoxy groups -OCH3 is 1. The molecule has 8 rings (SSSR count). The van der Waals surface area contributed by atoms with Crippen molar-refractivity contribution in [1.29, 1.82) is 0 Å². The number of pyridine rings is 1. The van der Waals surface area contributed by atoms with E-state index < -0.39 is 76.3 Å². The molecule has 55 heavy (non-hydrogen) atoms. The molecule has 3 fully saturated rings. The number of hydrogen-bond donors (Lipinski definition) is 1. The second-order valence-electron chi connectivity index (χ2n) is 14.0. The molecule has 0 spiro atoms. The van der Waals surface area contributed by atoms with E-state index in [-0.39, 0.29) is 39.9 Å². The predicted octanol–water partition coefficient (Wildman–Crippen LogP) is 7.34. The molecule has 2 saturated heterocycles. The molecular weight excluding hydrogens is 760 g/mol. The number of aromatic hydroxyl groups is 1. The van der Waals surface area contributed by atoms with E-state index in [0.29, 0.717) is 23.0 Å². The average molecular weight is 792 g/mol. The van der Waals surface area contributed by atoms with Gasteiger partial charge in [-0.3, -0.25) is 24.2 Å². The van der Waals surface area contributed by atoms with Crippen molar-refractivity contribution in [2.45, 2.75) is 30.4 Å². The van der Waals surface area contributed by atoms with Gasteiger partial charge in [0, 0.05) is 23.6 Å². The Balaban J connectivity index is 1.31. The van der Waals surface area contributed by atoms with Crippen LogP contribution in [-0.4, -0.2) is 52.9 Å². The number of fused-ring (bicyclic) bond motifs is 4. The molecule has 0 unspecified atom stereocenters. The van der Waals surface area contributed by atoms with E-state index in [1.54, 1.807) is 66.7 Å². The fourth-order valence-electron chi connectivity index (χ4n) is 9.17.